The first-order valence-electron chi connectivity index (χ1n) is 9.18. The molecule has 2 amide bonds. The molecule has 0 radical (unpaired) electrons. The van der Waals surface area contributed by atoms with Crippen molar-refractivity contribution >= 4 is 36.4 Å². The van der Waals surface area contributed by atoms with Gasteiger partial charge in [-0.05, 0) is 6.42 Å². The average molecular weight is 469 g/mol. The van der Waals surface area contributed by atoms with Crippen molar-refractivity contribution in [2.75, 3.05) is 25.4 Å². The Hall–Kier alpha value is -2.01. The molecular formula is C16H27N3O11S. The van der Waals surface area contributed by atoms with E-state index in [2.05, 4.69) is 28.6 Å². The van der Waals surface area contributed by atoms with Crippen molar-refractivity contribution in [3.05, 3.63) is 0 Å². The van der Waals surface area contributed by atoms with Crippen LogP contribution in [0.4, 0.5) is 0 Å². The number of aliphatic carboxylic acids is 2. The average Bonchev–Trinajstić information content (AvgIpc) is 2.93. The molecule has 6 atom stereocenters. The summed E-state index contributed by atoms with van der Waals surface area (Å²) in [6, 6.07) is -2.50. The summed E-state index contributed by atoms with van der Waals surface area (Å²) in [6.45, 7) is -1.96. The second-order valence-corrected chi connectivity index (χ2v) is 7.21. The summed E-state index contributed by atoms with van der Waals surface area (Å²) in [4.78, 5) is 45.8. The van der Waals surface area contributed by atoms with Crippen molar-refractivity contribution in [3.8, 4) is 0 Å². The normalized spacial score (nSPS) is 27.3. The number of carbonyl (C=O) groups excluding carboxylic acids is 2. The maximum absolute atomic E-state index is 12.0. The van der Waals surface area contributed by atoms with Gasteiger partial charge in [0.15, 0.2) is 0 Å². The molecule has 1 unspecified atom stereocenters. The second-order valence-electron chi connectivity index (χ2n) is 6.84. The Morgan fingerprint density at radius 1 is 1.13 bits per heavy atom. The molecule has 1 heterocycles. The van der Waals surface area contributed by atoms with E-state index in [1.807, 2.05) is 0 Å². The highest BCUT2D eigenvalue weighted by atomic mass is 32.1. The highest BCUT2D eigenvalue weighted by Crippen LogP contribution is 2.28. The molecule has 0 bridgehead atoms. The second kappa shape index (κ2) is 12.1. The van der Waals surface area contributed by atoms with E-state index < -0.39 is 79.6 Å². The Bertz CT molecular complexity index is 667. The van der Waals surface area contributed by atoms with E-state index in [1.165, 1.54) is 0 Å². The lowest BCUT2D eigenvalue weighted by atomic mass is 10.0. The van der Waals surface area contributed by atoms with Gasteiger partial charge in [0, 0.05) is 12.2 Å². The minimum atomic E-state index is -2.36. The van der Waals surface area contributed by atoms with Crippen LogP contribution >= 0.6 is 12.6 Å². The fourth-order valence-electron chi connectivity index (χ4n) is 2.77. The molecule has 0 aliphatic carbocycles. The van der Waals surface area contributed by atoms with Gasteiger partial charge in [-0.25, -0.2) is 0 Å². The van der Waals surface area contributed by atoms with Gasteiger partial charge in [-0.2, -0.15) is 12.6 Å². The Morgan fingerprint density at radius 3 is 2.26 bits per heavy atom. The SMILES string of the molecule is O=C(O)CNC(=O)[C@H](CS)NC(=O)CC[C@H](NCC1(O)O[C@H](CO)[C@@H](O)[C@@H]1O)C(=O)O. The number of aliphatic hydroxyl groups excluding tert-OH is 3. The molecule has 178 valence electrons. The number of hydrogen-bond donors (Lipinski definition) is 10. The molecule has 15 heteroatoms. The molecule has 1 fully saturated rings. The van der Waals surface area contributed by atoms with Gasteiger partial charge >= 0.3 is 11.9 Å². The number of aliphatic hydroxyl groups is 4. The van der Waals surface area contributed by atoms with Crippen LogP contribution in [-0.4, -0.2) is 116 Å². The number of nitrogens with one attached hydrogen (secondary N) is 3. The van der Waals surface area contributed by atoms with Gasteiger partial charge < -0.3 is 46.0 Å². The zero-order valence-electron chi connectivity index (χ0n) is 16.3. The number of carboxylic acids is 2. The number of hydrogen-bond acceptors (Lipinski definition) is 11. The molecule has 0 aromatic rings. The van der Waals surface area contributed by atoms with Crippen molar-refractivity contribution in [2.45, 2.75) is 49.0 Å². The lowest BCUT2D eigenvalue weighted by Crippen LogP contribution is -2.54. The van der Waals surface area contributed by atoms with Crippen molar-refractivity contribution in [2.24, 2.45) is 0 Å². The van der Waals surface area contributed by atoms with Gasteiger partial charge in [0.2, 0.25) is 17.6 Å². The number of amides is 2. The maximum atomic E-state index is 12.0. The molecule has 0 spiro atoms. The van der Waals surface area contributed by atoms with E-state index in [4.69, 9.17) is 14.9 Å². The number of carboxylic acid groups (broad SMARTS) is 2. The minimum absolute atomic E-state index is 0.131. The van der Waals surface area contributed by atoms with Crippen LogP contribution < -0.4 is 16.0 Å². The van der Waals surface area contributed by atoms with Crippen LogP contribution in [0, 0.1) is 0 Å². The smallest absolute Gasteiger partial charge is 0.322 e. The van der Waals surface area contributed by atoms with Gasteiger partial charge in [0.1, 0.15) is 36.9 Å². The molecule has 0 saturated carbocycles. The summed E-state index contributed by atoms with van der Waals surface area (Å²) in [5.41, 5.74) is 0. The van der Waals surface area contributed by atoms with Crippen LogP contribution in [0.3, 0.4) is 0 Å². The predicted molar refractivity (Wildman–Crippen MR) is 104 cm³/mol. The summed E-state index contributed by atoms with van der Waals surface area (Å²) >= 11 is 3.91. The molecule has 0 aromatic carbocycles. The number of ether oxygens (including phenoxy) is 1. The van der Waals surface area contributed by atoms with E-state index in [9.17, 15) is 39.6 Å². The van der Waals surface area contributed by atoms with E-state index in [0.717, 1.165) is 0 Å². The van der Waals surface area contributed by atoms with Gasteiger partial charge in [-0.3, -0.25) is 24.5 Å². The number of rotatable bonds is 13. The first-order valence-corrected chi connectivity index (χ1v) is 9.81. The van der Waals surface area contributed by atoms with E-state index in [-0.39, 0.29) is 18.6 Å². The van der Waals surface area contributed by atoms with Crippen LogP contribution in [0.15, 0.2) is 0 Å². The molecular weight excluding hydrogens is 442 g/mol. The third kappa shape index (κ3) is 7.88. The van der Waals surface area contributed by atoms with Crippen molar-refractivity contribution in [1.82, 2.24) is 16.0 Å². The quantitative estimate of drug-likeness (QED) is 0.114. The fraction of sp³-hybridized carbons (Fsp3) is 0.750. The highest BCUT2D eigenvalue weighted by molar-refractivity contribution is 7.80. The van der Waals surface area contributed by atoms with E-state index in [1.54, 1.807) is 0 Å². The van der Waals surface area contributed by atoms with Crippen molar-refractivity contribution in [1.29, 1.82) is 0 Å². The van der Waals surface area contributed by atoms with Gasteiger partial charge in [-0.15, -0.1) is 0 Å². The first kappa shape index (κ1) is 27.0. The summed E-state index contributed by atoms with van der Waals surface area (Å²) in [6.07, 6.45) is -5.30. The third-order valence-corrected chi connectivity index (χ3v) is 4.88. The van der Waals surface area contributed by atoms with Gasteiger partial charge in [0.25, 0.3) is 0 Å². The standard InChI is InChI=1S/C16H27N3O11S/c20-4-9-12(24)13(25)16(29,30-9)6-18-7(15(27)28)1-2-10(21)19-8(5-31)14(26)17-3-11(22)23/h7-9,12-13,18,20,24-25,29,31H,1-6H2,(H,17,26)(H,19,21)(H,22,23)(H,27,28)/t7-,8-,9+,12+,13-,16?/m0/s1. The number of carbonyl (C=O) groups is 4. The van der Waals surface area contributed by atoms with Crippen LogP contribution in [-0.2, 0) is 23.9 Å². The first-order chi connectivity index (χ1) is 14.4. The number of thiol groups is 1. The summed E-state index contributed by atoms with van der Waals surface area (Å²) in [5.74, 6) is -6.62. The largest absolute Gasteiger partial charge is 0.480 e. The lowest BCUT2D eigenvalue weighted by Gasteiger charge is -2.28. The van der Waals surface area contributed by atoms with E-state index >= 15 is 0 Å². The fourth-order valence-corrected chi connectivity index (χ4v) is 3.02. The molecule has 1 rings (SSSR count). The predicted octanol–water partition coefficient (Wildman–Crippen LogP) is -4.77. The molecule has 1 aliphatic heterocycles. The van der Waals surface area contributed by atoms with Gasteiger partial charge in [-0.1, -0.05) is 0 Å². The van der Waals surface area contributed by atoms with Crippen LogP contribution in [0.1, 0.15) is 12.8 Å². The van der Waals surface area contributed by atoms with Gasteiger partial charge in [0.05, 0.1) is 13.2 Å². The molecule has 31 heavy (non-hydrogen) atoms. The molecule has 0 aromatic heterocycles. The summed E-state index contributed by atoms with van der Waals surface area (Å²) < 4.78 is 4.99. The lowest BCUT2D eigenvalue weighted by molar-refractivity contribution is -0.227. The molecule has 1 aliphatic rings. The topological polar surface area (TPSA) is 235 Å². The molecule has 1 saturated heterocycles. The monoisotopic (exact) mass is 469 g/mol. The summed E-state index contributed by atoms with van der Waals surface area (Å²) in [5, 5.41) is 63.5. The third-order valence-electron chi connectivity index (χ3n) is 4.51. The minimum Gasteiger partial charge on any atom is -0.480 e. The van der Waals surface area contributed by atoms with Crippen LogP contribution in [0.25, 0.3) is 0 Å². The zero-order valence-corrected chi connectivity index (χ0v) is 17.2. The van der Waals surface area contributed by atoms with Crippen molar-refractivity contribution < 1.29 is 54.6 Å². The van der Waals surface area contributed by atoms with E-state index in [0.29, 0.717) is 0 Å². The van der Waals surface area contributed by atoms with Crippen molar-refractivity contribution in [3.63, 3.8) is 0 Å². The van der Waals surface area contributed by atoms with Crippen LogP contribution in [0.2, 0.25) is 0 Å². The Labute approximate surface area is 182 Å². The Balaban J connectivity index is 2.58. The molecule has 14 nitrogen and oxygen atoms in total. The Morgan fingerprint density at radius 2 is 1.77 bits per heavy atom. The summed E-state index contributed by atoms with van der Waals surface area (Å²) in [7, 11) is 0. The Kier molecular flexibility index (Phi) is 10.6. The molecule has 9 N–H and O–H groups in total. The highest BCUT2D eigenvalue weighted by Gasteiger charge is 2.53. The maximum Gasteiger partial charge on any atom is 0.322 e. The zero-order chi connectivity index (χ0) is 23.8. The van der Waals surface area contributed by atoms with Crippen LogP contribution in [0.5, 0.6) is 0 Å².